The van der Waals surface area contributed by atoms with Gasteiger partial charge < -0.3 is 31.0 Å². The number of carbonyl (C=O) groups excluding carboxylic acids is 1. The number of primary amides is 1. The van der Waals surface area contributed by atoms with E-state index in [0.717, 1.165) is 37.9 Å². The van der Waals surface area contributed by atoms with Gasteiger partial charge in [0.1, 0.15) is 17.1 Å². The van der Waals surface area contributed by atoms with Gasteiger partial charge in [0, 0.05) is 56.7 Å². The molecule has 2 fully saturated rings. The summed E-state index contributed by atoms with van der Waals surface area (Å²) in [5.41, 5.74) is 12.8. The van der Waals surface area contributed by atoms with E-state index >= 15 is 0 Å². The molecule has 0 spiro atoms. The van der Waals surface area contributed by atoms with Gasteiger partial charge in [0.15, 0.2) is 5.65 Å². The van der Waals surface area contributed by atoms with Gasteiger partial charge in [-0.25, -0.2) is 4.98 Å². The number of fused-ring (bicyclic) bond motifs is 1. The van der Waals surface area contributed by atoms with Gasteiger partial charge in [0.2, 0.25) is 11.4 Å². The van der Waals surface area contributed by atoms with E-state index in [2.05, 4.69) is 31.2 Å². The Morgan fingerprint density at radius 3 is 2.58 bits per heavy atom. The van der Waals surface area contributed by atoms with Gasteiger partial charge in [0.25, 0.3) is 5.91 Å². The number of amides is 1. The van der Waals surface area contributed by atoms with E-state index in [9.17, 15) is 9.59 Å². The van der Waals surface area contributed by atoms with E-state index in [0.29, 0.717) is 30.2 Å². The van der Waals surface area contributed by atoms with Gasteiger partial charge in [-0.15, -0.1) is 0 Å². The van der Waals surface area contributed by atoms with Crippen LogP contribution in [0.25, 0.3) is 11.0 Å². The maximum atomic E-state index is 12.8. The lowest BCUT2D eigenvalue weighted by molar-refractivity contribution is 0.1000. The highest BCUT2D eigenvalue weighted by Crippen LogP contribution is 2.34. The SMILES string of the molecule is CCOc1cc(N2CCN(C3CC3)CC2)ccc1Nc1ncc2c(=O)c(C(N)=O)c(N)n(CC)c2n1. The second kappa shape index (κ2) is 9.65. The van der Waals surface area contributed by atoms with Crippen molar-refractivity contribution in [3.63, 3.8) is 0 Å². The number of ether oxygens (including phenoxy) is 1. The van der Waals surface area contributed by atoms with Crippen LogP contribution >= 0.6 is 0 Å². The third-order valence-electron chi connectivity index (χ3n) is 6.86. The third-order valence-corrected chi connectivity index (χ3v) is 6.86. The number of aryl methyl sites for hydroxylation is 1. The number of pyridine rings is 1. The Hall–Kier alpha value is -3.86. The average Bonchev–Trinajstić information content (AvgIpc) is 3.71. The van der Waals surface area contributed by atoms with Crippen LogP contribution in [0.15, 0.2) is 29.2 Å². The molecule has 1 aliphatic carbocycles. The number of rotatable bonds is 8. The zero-order valence-electron chi connectivity index (χ0n) is 20.7. The van der Waals surface area contributed by atoms with E-state index < -0.39 is 11.3 Å². The molecule has 1 aliphatic heterocycles. The first-order valence-corrected chi connectivity index (χ1v) is 12.4. The van der Waals surface area contributed by atoms with Crippen molar-refractivity contribution in [3.8, 4) is 5.75 Å². The van der Waals surface area contributed by atoms with Gasteiger partial charge in [-0.05, 0) is 38.8 Å². The molecule has 5 N–H and O–H groups in total. The van der Waals surface area contributed by atoms with Crippen LogP contribution < -0.4 is 31.8 Å². The average molecular weight is 493 g/mol. The number of nitrogens with zero attached hydrogens (tertiary/aromatic N) is 5. The first-order chi connectivity index (χ1) is 17.4. The second-order valence-corrected chi connectivity index (χ2v) is 9.12. The van der Waals surface area contributed by atoms with Crippen molar-refractivity contribution >= 4 is 40.1 Å². The Bertz CT molecular complexity index is 1360. The molecule has 1 saturated carbocycles. The number of anilines is 4. The maximum absolute atomic E-state index is 12.8. The van der Waals surface area contributed by atoms with Crippen LogP contribution in [-0.4, -0.2) is 64.2 Å². The van der Waals surface area contributed by atoms with Crippen LogP contribution in [0.3, 0.4) is 0 Å². The fraction of sp³-hybridized carbons (Fsp3) is 0.440. The molecule has 2 aliphatic rings. The Labute approximate surface area is 209 Å². The van der Waals surface area contributed by atoms with E-state index in [4.69, 9.17) is 16.2 Å². The van der Waals surface area contributed by atoms with E-state index in [-0.39, 0.29) is 22.7 Å². The molecular weight excluding hydrogens is 460 g/mol. The standard InChI is InChI=1S/C25H32N8O3/c1-3-33-22(26)20(23(27)35)21(34)17-14-28-25(30-24(17)33)29-18-8-7-16(13-19(18)36-4-2)32-11-9-31(10-12-32)15-5-6-15/h7-8,13-15H,3-6,9-12,26H2,1-2H3,(H2,27,35)(H,28,29,30). The van der Waals surface area contributed by atoms with Crippen LogP contribution in [0.4, 0.5) is 23.1 Å². The van der Waals surface area contributed by atoms with Crippen LogP contribution in [0.2, 0.25) is 0 Å². The van der Waals surface area contributed by atoms with Crippen molar-refractivity contribution in [2.75, 3.05) is 48.7 Å². The molecule has 0 radical (unpaired) electrons. The third kappa shape index (κ3) is 4.41. The lowest BCUT2D eigenvalue weighted by Crippen LogP contribution is -2.47. The predicted octanol–water partition coefficient (Wildman–Crippen LogP) is 1.92. The first-order valence-electron chi connectivity index (χ1n) is 12.4. The molecule has 5 rings (SSSR count). The highest BCUT2D eigenvalue weighted by molar-refractivity contribution is 6.00. The Balaban J connectivity index is 1.44. The largest absolute Gasteiger partial charge is 0.492 e. The molecule has 11 nitrogen and oxygen atoms in total. The molecule has 1 saturated heterocycles. The van der Waals surface area contributed by atoms with Crippen molar-refractivity contribution < 1.29 is 9.53 Å². The topological polar surface area (TPSA) is 145 Å². The minimum Gasteiger partial charge on any atom is -0.492 e. The summed E-state index contributed by atoms with van der Waals surface area (Å²) in [6.45, 7) is 8.84. The van der Waals surface area contributed by atoms with Crippen LogP contribution in [-0.2, 0) is 6.54 Å². The van der Waals surface area contributed by atoms with Gasteiger partial charge in [0.05, 0.1) is 17.7 Å². The number of nitrogens with one attached hydrogen (secondary N) is 1. The van der Waals surface area contributed by atoms with Gasteiger partial charge >= 0.3 is 0 Å². The molecule has 0 unspecified atom stereocenters. The molecule has 1 amide bonds. The van der Waals surface area contributed by atoms with E-state index in [1.807, 2.05) is 26.0 Å². The highest BCUT2D eigenvalue weighted by atomic mass is 16.5. The summed E-state index contributed by atoms with van der Waals surface area (Å²) >= 11 is 0. The molecule has 36 heavy (non-hydrogen) atoms. The van der Waals surface area contributed by atoms with Crippen molar-refractivity contribution in [2.24, 2.45) is 5.73 Å². The highest BCUT2D eigenvalue weighted by Gasteiger charge is 2.31. The fourth-order valence-corrected chi connectivity index (χ4v) is 4.85. The summed E-state index contributed by atoms with van der Waals surface area (Å²) in [4.78, 5) is 38.4. The summed E-state index contributed by atoms with van der Waals surface area (Å²) in [6.07, 6.45) is 4.05. The van der Waals surface area contributed by atoms with Crippen LogP contribution in [0, 0.1) is 0 Å². The minimum absolute atomic E-state index is 0.00621. The number of carbonyl (C=O) groups is 1. The normalized spacial score (nSPS) is 16.3. The number of aromatic nitrogens is 3. The monoisotopic (exact) mass is 492 g/mol. The number of benzene rings is 1. The zero-order valence-corrected chi connectivity index (χ0v) is 20.7. The number of hydrogen-bond acceptors (Lipinski definition) is 9. The summed E-state index contributed by atoms with van der Waals surface area (Å²) in [5.74, 6) is 0.0920. The van der Waals surface area contributed by atoms with Crippen LogP contribution in [0.5, 0.6) is 5.75 Å². The summed E-state index contributed by atoms with van der Waals surface area (Å²) in [5, 5.41) is 3.39. The van der Waals surface area contributed by atoms with Crippen LogP contribution in [0.1, 0.15) is 37.0 Å². The predicted molar refractivity (Wildman–Crippen MR) is 140 cm³/mol. The maximum Gasteiger partial charge on any atom is 0.256 e. The van der Waals surface area contributed by atoms with Gasteiger partial charge in [-0.2, -0.15) is 4.98 Å². The van der Waals surface area contributed by atoms with Crippen molar-refractivity contribution in [2.45, 2.75) is 39.3 Å². The minimum atomic E-state index is -0.876. The Morgan fingerprint density at radius 1 is 1.19 bits per heavy atom. The summed E-state index contributed by atoms with van der Waals surface area (Å²) < 4.78 is 7.52. The molecular formula is C25H32N8O3. The lowest BCUT2D eigenvalue weighted by atomic mass is 10.1. The smallest absolute Gasteiger partial charge is 0.256 e. The summed E-state index contributed by atoms with van der Waals surface area (Å²) in [6, 6.07) is 6.86. The zero-order chi connectivity index (χ0) is 25.4. The van der Waals surface area contributed by atoms with E-state index in [1.54, 1.807) is 4.57 Å². The molecule has 11 heteroatoms. The lowest BCUT2D eigenvalue weighted by Gasteiger charge is -2.36. The number of nitrogens with two attached hydrogens (primary N) is 2. The number of hydrogen-bond donors (Lipinski definition) is 3. The van der Waals surface area contributed by atoms with Crippen molar-refractivity contribution in [1.29, 1.82) is 0 Å². The van der Waals surface area contributed by atoms with Gasteiger partial charge in [-0.3, -0.25) is 14.5 Å². The Morgan fingerprint density at radius 2 is 1.94 bits per heavy atom. The summed E-state index contributed by atoms with van der Waals surface area (Å²) in [7, 11) is 0. The number of piperazine rings is 1. The molecule has 3 aromatic rings. The van der Waals surface area contributed by atoms with Crippen molar-refractivity contribution in [1.82, 2.24) is 19.4 Å². The number of nitrogen functional groups attached to an aromatic ring is 1. The molecule has 2 aromatic heterocycles. The first kappa shape index (κ1) is 23.9. The van der Waals surface area contributed by atoms with Crippen molar-refractivity contribution in [3.05, 3.63) is 40.2 Å². The molecule has 0 bridgehead atoms. The second-order valence-electron chi connectivity index (χ2n) is 9.12. The Kier molecular flexibility index (Phi) is 6.40. The quantitative estimate of drug-likeness (QED) is 0.429. The van der Waals surface area contributed by atoms with Gasteiger partial charge in [-0.1, -0.05) is 0 Å². The molecule has 190 valence electrons. The molecule has 1 aromatic carbocycles. The fourth-order valence-electron chi connectivity index (χ4n) is 4.85. The molecule has 0 atom stereocenters. The molecule has 3 heterocycles. The van der Waals surface area contributed by atoms with E-state index in [1.165, 1.54) is 19.0 Å².